The van der Waals surface area contributed by atoms with Crippen LogP contribution in [-0.2, 0) is 9.59 Å². The molecule has 1 amide bonds. The number of hydrogen-bond donors (Lipinski definition) is 2. The van der Waals surface area contributed by atoms with E-state index in [1.807, 2.05) is 0 Å². The summed E-state index contributed by atoms with van der Waals surface area (Å²) in [4.78, 5) is 23.8. The highest BCUT2D eigenvalue weighted by Gasteiger charge is 2.52. The summed E-state index contributed by atoms with van der Waals surface area (Å²) in [5, 5.41) is 12.4. The largest absolute Gasteiger partial charge is 0.480 e. The second kappa shape index (κ2) is 4.74. The molecule has 0 saturated heterocycles. The molecule has 0 atom stereocenters. The Labute approximate surface area is 121 Å². The highest BCUT2D eigenvalue weighted by Crippen LogP contribution is 2.47. The lowest BCUT2D eigenvalue weighted by Gasteiger charge is -2.46. The molecule has 0 unspecified atom stereocenters. The van der Waals surface area contributed by atoms with Crippen molar-refractivity contribution in [1.29, 1.82) is 0 Å². The zero-order chi connectivity index (χ0) is 15.2. The van der Waals surface area contributed by atoms with Crippen molar-refractivity contribution in [2.45, 2.75) is 72.3 Å². The minimum absolute atomic E-state index is 0.0954. The van der Waals surface area contributed by atoms with Gasteiger partial charge in [0.25, 0.3) is 0 Å². The van der Waals surface area contributed by atoms with Gasteiger partial charge in [-0.05, 0) is 42.9 Å². The number of carbonyl (C=O) groups is 2. The Kier molecular flexibility index (Phi) is 3.64. The minimum atomic E-state index is -1.15. The molecule has 0 aromatic rings. The third kappa shape index (κ3) is 2.84. The number of carboxylic acids is 1. The lowest BCUT2D eigenvalue weighted by molar-refractivity contribution is -0.162. The predicted octanol–water partition coefficient (Wildman–Crippen LogP) is 2.96. The summed E-state index contributed by atoms with van der Waals surface area (Å²) in [7, 11) is 0. The summed E-state index contributed by atoms with van der Waals surface area (Å²) < 4.78 is 0. The average molecular weight is 281 g/mol. The summed E-state index contributed by atoms with van der Waals surface area (Å²) in [6.07, 6.45) is 4.79. The van der Waals surface area contributed by atoms with E-state index in [9.17, 15) is 14.7 Å². The van der Waals surface area contributed by atoms with Crippen LogP contribution in [0.5, 0.6) is 0 Å². The van der Waals surface area contributed by atoms with E-state index in [2.05, 4.69) is 33.0 Å². The van der Waals surface area contributed by atoms with E-state index in [-0.39, 0.29) is 22.8 Å². The topological polar surface area (TPSA) is 66.4 Å². The Balaban J connectivity index is 2.06. The normalized spacial score (nSPS) is 27.4. The van der Waals surface area contributed by atoms with Gasteiger partial charge in [-0.1, -0.05) is 34.1 Å². The smallest absolute Gasteiger partial charge is 0.319 e. The molecule has 0 aliphatic heterocycles. The van der Waals surface area contributed by atoms with E-state index in [1.165, 1.54) is 0 Å². The first kappa shape index (κ1) is 15.3. The molecule has 0 radical (unpaired) electrons. The fourth-order valence-corrected chi connectivity index (χ4v) is 4.34. The van der Waals surface area contributed by atoms with E-state index < -0.39 is 11.4 Å². The van der Waals surface area contributed by atoms with Gasteiger partial charge in [0.1, 0.15) is 5.41 Å². The third-order valence-corrected chi connectivity index (χ3v) is 4.94. The Hall–Kier alpha value is -1.06. The van der Waals surface area contributed by atoms with Crippen LogP contribution in [0, 0.1) is 16.2 Å². The second-order valence-corrected chi connectivity index (χ2v) is 8.32. The van der Waals surface area contributed by atoms with Gasteiger partial charge in [0, 0.05) is 6.04 Å². The Morgan fingerprint density at radius 2 is 1.55 bits per heavy atom. The molecule has 20 heavy (non-hydrogen) atoms. The molecule has 2 aliphatic rings. The van der Waals surface area contributed by atoms with Crippen molar-refractivity contribution >= 4 is 11.9 Å². The quantitative estimate of drug-likeness (QED) is 0.782. The molecule has 2 rings (SSSR count). The highest BCUT2D eigenvalue weighted by atomic mass is 16.4. The first-order valence-corrected chi connectivity index (χ1v) is 7.61. The maximum Gasteiger partial charge on any atom is 0.319 e. The van der Waals surface area contributed by atoms with Crippen molar-refractivity contribution in [2.75, 3.05) is 0 Å². The molecule has 0 spiro atoms. The maximum atomic E-state index is 12.4. The summed E-state index contributed by atoms with van der Waals surface area (Å²) in [6, 6.07) is 0.0954. The molecule has 4 nitrogen and oxygen atoms in total. The number of hydrogen-bond acceptors (Lipinski definition) is 2. The van der Waals surface area contributed by atoms with Crippen molar-refractivity contribution in [1.82, 2.24) is 5.32 Å². The van der Waals surface area contributed by atoms with Crippen molar-refractivity contribution < 1.29 is 14.7 Å². The number of nitrogens with one attached hydrogen (secondary N) is 1. The summed E-state index contributed by atoms with van der Waals surface area (Å²) in [6.45, 7) is 8.90. The monoisotopic (exact) mass is 281 g/mol. The summed E-state index contributed by atoms with van der Waals surface area (Å²) in [5.74, 6) is -1.23. The van der Waals surface area contributed by atoms with E-state index >= 15 is 0 Å². The van der Waals surface area contributed by atoms with Crippen LogP contribution >= 0.6 is 0 Å². The highest BCUT2D eigenvalue weighted by molar-refractivity contribution is 6.02. The number of rotatable bonds is 3. The number of aliphatic carboxylic acids is 1. The standard InChI is InChI=1S/C16H27NO3/c1-14(2)8-11(9-15(3,4)10-14)17-12(18)16(13(19)20)6-5-7-16/h11H,5-10H2,1-4H3,(H,17,18)(H,19,20). The van der Waals surface area contributed by atoms with Crippen molar-refractivity contribution in [2.24, 2.45) is 16.2 Å². The molecule has 2 aliphatic carbocycles. The van der Waals surface area contributed by atoms with Gasteiger partial charge >= 0.3 is 5.97 Å². The Bertz CT molecular complexity index is 405. The first-order valence-electron chi connectivity index (χ1n) is 7.61. The fraction of sp³-hybridized carbons (Fsp3) is 0.875. The van der Waals surface area contributed by atoms with Crippen LogP contribution in [0.15, 0.2) is 0 Å². The molecule has 2 saturated carbocycles. The number of carboxylic acid groups (broad SMARTS) is 1. The zero-order valence-electron chi connectivity index (χ0n) is 13.1. The third-order valence-electron chi connectivity index (χ3n) is 4.94. The van der Waals surface area contributed by atoms with Gasteiger partial charge in [-0.25, -0.2) is 0 Å². The average Bonchev–Trinajstić information content (AvgIpc) is 2.07. The number of carbonyl (C=O) groups excluding carboxylic acids is 1. The van der Waals surface area contributed by atoms with Gasteiger partial charge in [0.05, 0.1) is 0 Å². The first-order chi connectivity index (χ1) is 9.06. The molecule has 2 N–H and O–H groups in total. The van der Waals surface area contributed by atoms with Gasteiger partial charge in [0.15, 0.2) is 0 Å². The van der Waals surface area contributed by atoms with Crippen LogP contribution in [-0.4, -0.2) is 23.0 Å². The molecular formula is C16H27NO3. The molecule has 0 heterocycles. The SMILES string of the molecule is CC1(C)CC(NC(=O)C2(C(=O)O)CCC2)CC(C)(C)C1. The van der Waals surface area contributed by atoms with E-state index in [1.54, 1.807) is 0 Å². The van der Waals surface area contributed by atoms with Gasteiger partial charge in [-0.15, -0.1) is 0 Å². The lowest BCUT2D eigenvalue weighted by Crippen LogP contribution is -2.55. The number of amides is 1. The van der Waals surface area contributed by atoms with Crippen molar-refractivity contribution in [3.05, 3.63) is 0 Å². The predicted molar refractivity (Wildman–Crippen MR) is 77.3 cm³/mol. The van der Waals surface area contributed by atoms with E-state index in [0.29, 0.717) is 12.8 Å². The second-order valence-electron chi connectivity index (χ2n) is 8.32. The maximum absolute atomic E-state index is 12.4. The molecule has 2 fully saturated rings. The zero-order valence-corrected chi connectivity index (χ0v) is 13.1. The molecular weight excluding hydrogens is 254 g/mol. The molecule has 114 valence electrons. The van der Waals surface area contributed by atoms with E-state index in [0.717, 1.165) is 25.7 Å². The van der Waals surface area contributed by atoms with Crippen LogP contribution < -0.4 is 5.32 Å². The Morgan fingerprint density at radius 3 is 1.90 bits per heavy atom. The summed E-state index contributed by atoms with van der Waals surface area (Å²) >= 11 is 0. The van der Waals surface area contributed by atoms with Gasteiger partial charge < -0.3 is 10.4 Å². The van der Waals surface area contributed by atoms with Crippen LogP contribution in [0.4, 0.5) is 0 Å². The van der Waals surface area contributed by atoms with Crippen LogP contribution in [0.25, 0.3) is 0 Å². The van der Waals surface area contributed by atoms with Crippen LogP contribution in [0.1, 0.15) is 66.2 Å². The molecule has 4 heteroatoms. The molecule has 0 bridgehead atoms. The minimum Gasteiger partial charge on any atom is -0.480 e. The lowest BCUT2D eigenvalue weighted by atomic mass is 9.63. The Morgan fingerprint density at radius 1 is 1.05 bits per heavy atom. The van der Waals surface area contributed by atoms with Crippen molar-refractivity contribution in [3.8, 4) is 0 Å². The fourth-order valence-electron chi connectivity index (χ4n) is 4.34. The van der Waals surface area contributed by atoms with Crippen molar-refractivity contribution in [3.63, 3.8) is 0 Å². The van der Waals surface area contributed by atoms with Crippen LogP contribution in [0.2, 0.25) is 0 Å². The van der Waals surface area contributed by atoms with E-state index in [4.69, 9.17) is 0 Å². The molecule has 0 aromatic carbocycles. The van der Waals surface area contributed by atoms with Gasteiger partial charge in [-0.3, -0.25) is 9.59 Å². The van der Waals surface area contributed by atoms with Gasteiger partial charge in [0.2, 0.25) is 5.91 Å². The summed E-state index contributed by atoms with van der Waals surface area (Å²) in [5.41, 5.74) is -0.767. The van der Waals surface area contributed by atoms with Crippen LogP contribution in [0.3, 0.4) is 0 Å². The van der Waals surface area contributed by atoms with Gasteiger partial charge in [-0.2, -0.15) is 0 Å². The molecule has 0 aromatic heterocycles.